The zero-order valence-electron chi connectivity index (χ0n) is 6.16. The van der Waals surface area contributed by atoms with Crippen LogP contribution in [0.15, 0.2) is 0 Å². The smallest absolute Gasteiger partial charge is 0.345 e. The lowest BCUT2D eigenvalue weighted by molar-refractivity contribution is 0.325. The summed E-state index contributed by atoms with van der Waals surface area (Å²) in [7, 11) is -4.05. The van der Waals surface area contributed by atoms with Crippen molar-refractivity contribution < 1.29 is 19.8 Å². The molecule has 0 bridgehead atoms. The zero-order valence-corrected chi connectivity index (χ0v) is 7.05. The van der Waals surface area contributed by atoms with E-state index in [1.54, 1.807) is 0 Å². The van der Waals surface area contributed by atoms with Crippen molar-refractivity contribution in [1.29, 1.82) is 0 Å². The third-order valence-electron chi connectivity index (χ3n) is 2.05. The Balaban J connectivity index is 0.000001000. The zero-order chi connectivity index (χ0) is 7.83. The van der Waals surface area contributed by atoms with Gasteiger partial charge in [0, 0.05) is 0 Å². The van der Waals surface area contributed by atoms with Crippen LogP contribution in [0.25, 0.3) is 0 Å². The summed E-state index contributed by atoms with van der Waals surface area (Å²) in [6, 6.07) is 0. The van der Waals surface area contributed by atoms with Crippen LogP contribution in [0.4, 0.5) is 0 Å². The molecule has 1 rings (SSSR count). The molecule has 1 aliphatic rings. The van der Waals surface area contributed by atoms with E-state index >= 15 is 0 Å². The summed E-state index contributed by atoms with van der Waals surface area (Å²) < 4.78 is 10.7. The van der Waals surface area contributed by atoms with Gasteiger partial charge in [0.15, 0.2) is 0 Å². The number of nitrogens with two attached hydrogens (primary N) is 1. The molecule has 6 N–H and O–H groups in total. The van der Waals surface area contributed by atoms with E-state index in [9.17, 15) is 4.57 Å². The quantitative estimate of drug-likeness (QED) is 0.478. The van der Waals surface area contributed by atoms with Crippen LogP contribution < -0.4 is 5.73 Å². The molecule has 0 aromatic heterocycles. The average molecular weight is 183 g/mol. The van der Waals surface area contributed by atoms with Gasteiger partial charge in [-0.25, -0.2) is 0 Å². The highest BCUT2D eigenvalue weighted by Gasteiger charge is 2.44. The Morgan fingerprint density at radius 3 is 1.82 bits per heavy atom. The van der Waals surface area contributed by atoms with Gasteiger partial charge in [-0.05, 0) is 12.8 Å². The van der Waals surface area contributed by atoms with Crippen molar-refractivity contribution in [3.05, 3.63) is 0 Å². The molecule has 0 atom stereocenters. The lowest BCUT2D eigenvalue weighted by Crippen LogP contribution is -2.35. The fourth-order valence-corrected chi connectivity index (χ4v) is 2.18. The van der Waals surface area contributed by atoms with E-state index in [1.807, 2.05) is 0 Å². The van der Waals surface area contributed by atoms with E-state index < -0.39 is 12.9 Å². The van der Waals surface area contributed by atoms with E-state index in [1.165, 1.54) is 0 Å². The molecule has 1 saturated carbocycles. The Bertz CT molecular complexity index is 171. The minimum atomic E-state index is -4.05. The van der Waals surface area contributed by atoms with Gasteiger partial charge in [0.1, 0.15) is 5.28 Å². The Hall–Kier alpha value is 0.0700. The van der Waals surface area contributed by atoms with Crippen LogP contribution in [0.3, 0.4) is 0 Å². The first kappa shape index (κ1) is 11.1. The molecular formula is C5H14NO4P. The molecule has 0 amide bonds. The standard InChI is InChI=1S/C5H12NO3P.H2O/c6-5(10(7,8)9)3-1-2-4-5;/h1-4,6H2,(H2,7,8,9);1H2. The maximum absolute atomic E-state index is 10.7. The highest BCUT2D eigenvalue weighted by molar-refractivity contribution is 7.53. The average Bonchev–Trinajstić information content (AvgIpc) is 2.13. The van der Waals surface area contributed by atoms with Crippen molar-refractivity contribution in [3.63, 3.8) is 0 Å². The van der Waals surface area contributed by atoms with E-state index in [0.717, 1.165) is 12.8 Å². The van der Waals surface area contributed by atoms with Crippen molar-refractivity contribution in [2.75, 3.05) is 0 Å². The predicted octanol–water partition coefficient (Wildman–Crippen LogP) is -0.432. The van der Waals surface area contributed by atoms with Crippen LogP contribution in [0, 0.1) is 0 Å². The molecule has 0 aromatic carbocycles. The molecule has 0 aromatic rings. The summed E-state index contributed by atoms with van der Waals surface area (Å²) in [6.07, 6.45) is 2.58. The molecule has 6 heteroatoms. The van der Waals surface area contributed by atoms with Gasteiger partial charge in [0.05, 0.1) is 0 Å². The number of hydrogen-bond acceptors (Lipinski definition) is 2. The van der Waals surface area contributed by atoms with Gasteiger partial charge in [0.25, 0.3) is 0 Å². The molecule has 0 radical (unpaired) electrons. The van der Waals surface area contributed by atoms with Gasteiger partial charge in [-0.2, -0.15) is 0 Å². The molecular weight excluding hydrogens is 169 g/mol. The molecule has 1 fully saturated rings. The molecule has 11 heavy (non-hydrogen) atoms. The minimum Gasteiger partial charge on any atom is -0.412 e. The van der Waals surface area contributed by atoms with Crippen molar-refractivity contribution in [3.8, 4) is 0 Å². The first-order valence-corrected chi connectivity index (χ1v) is 4.91. The van der Waals surface area contributed by atoms with Crippen LogP contribution in [0.1, 0.15) is 25.7 Å². The minimum absolute atomic E-state index is 0. The predicted molar refractivity (Wildman–Crippen MR) is 41.0 cm³/mol. The molecule has 5 nitrogen and oxygen atoms in total. The first-order chi connectivity index (χ1) is 4.46. The van der Waals surface area contributed by atoms with Crippen LogP contribution in [0.5, 0.6) is 0 Å². The van der Waals surface area contributed by atoms with Crippen LogP contribution in [-0.4, -0.2) is 20.5 Å². The van der Waals surface area contributed by atoms with Crippen LogP contribution >= 0.6 is 7.60 Å². The summed E-state index contributed by atoms with van der Waals surface area (Å²) in [6.45, 7) is 0. The maximum Gasteiger partial charge on any atom is 0.345 e. The molecule has 0 aliphatic heterocycles. The molecule has 0 saturated heterocycles. The Kier molecular flexibility index (Phi) is 3.23. The van der Waals surface area contributed by atoms with Crippen LogP contribution in [-0.2, 0) is 4.57 Å². The summed E-state index contributed by atoms with van der Waals surface area (Å²) in [5.74, 6) is 0. The Morgan fingerprint density at radius 1 is 1.27 bits per heavy atom. The van der Waals surface area contributed by atoms with E-state index in [-0.39, 0.29) is 5.48 Å². The van der Waals surface area contributed by atoms with E-state index in [0.29, 0.717) is 12.8 Å². The van der Waals surface area contributed by atoms with Gasteiger partial charge in [-0.3, -0.25) is 4.57 Å². The summed E-state index contributed by atoms with van der Waals surface area (Å²) in [5.41, 5.74) is 5.47. The van der Waals surface area contributed by atoms with Gasteiger partial charge >= 0.3 is 7.60 Å². The molecule has 68 valence electrons. The maximum atomic E-state index is 10.7. The normalized spacial score (nSPS) is 22.8. The number of rotatable bonds is 1. The first-order valence-electron chi connectivity index (χ1n) is 3.30. The van der Waals surface area contributed by atoms with Gasteiger partial charge in [0.2, 0.25) is 0 Å². The van der Waals surface area contributed by atoms with Gasteiger partial charge in [-0.1, -0.05) is 12.8 Å². The lowest BCUT2D eigenvalue weighted by atomic mass is 10.3. The lowest BCUT2D eigenvalue weighted by Gasteiger charge is -2.23. The summed E-state index contributed by atoms with van der Waals surface area (Å²) >= 11 is 0. The van der Waals surface area contributed by atoms with Crippen molar-refractivity contribution in [2.45, 2.75) is 31.0 Å². The largest absolute Gasteiger partial charge is 0.412 e. The highest BCUT2D eigenvalue weighted by atomic mass is 31.2. The summed E-state index contributed by atoms with van der Waals surface area (Å²) in [5, 5.41) is -1.20. The molecule has 0 spiro atoms. The fraction of sp³-hybridized carbons (Fsp3) is 1.00. The van der Waals surface area contributed by atoms with Crippen LogP contribution in [0.2, 0.25) is 0 Å². The molecule has 1 aliphatic carbocycles. The third-order valence-corrected chi connectivity index (χ3v) is 3.66. The topological polar surface area (TPSA) is 115 Å². The van der Waals surface area contributed by atoms with E-state index in [4.69, 9.17) is 15.5 Å². The molecule has 0 unspecified atom stereocenters. The number of hydrogen-bond donors (Lipinski definition) is 3. The SMILES string of the molecule is NC1(P(=O)(O)O)CCCC1.O. The Labute approximate surface area is 65.1 Å². The van der Waals surface area contributed by atoms with Crippen molar-refractivity contribution >= 4 is 7.60 Å². The van der Waals surface area contributed by atoms with E-state index in [2.05, 4.69) is 0 Å². The monoisotopic (exact) mass is 183 g/mol. The summed E-state index contributed by atoms with van der Waals surface area (Å²) in [4.78, 5) is 17.5. The third kappa shape index (κ3) is 2.01. The van der Waals surface area contributed by atoms with Gasteiger partial charge in [-0.15, -0.1) is 0 Å². The van der Waals surface area contributed by atoms with Crippen molar-refractivity contribution in [1.82, 2.24) is 0 Å². The highest BCUT2D eigenvalue weighted by Crippen LogP contribution is 2.55. The second-order valence-electron chi connectivity index (χ2n) is 2.85. The molecule has 0 heterocycles. The fourth-order valence-electron chi connectivity index (χ4n) is 1.28. The Morgan fingerprint density at radius 2 is 1.64 bits per heavy atom. The van der Waals surface area contributed by atoms with Crippen molar-refractivity contribution in [2.24, 2.45) is 5.73 Å². The van der Waals surface area contributed by atoms with Gasteiger partial charge < -0.3 is 21.0 Å². The second kappa shape index (κ2) is 3.21. The second-order valence-corrected chi connectivity index (χ2v) is 4.83.